The number of hydrogen-bond acceptors (Lipinski definition) is 6. The van der Waals surface area contributed by atoms with E-state index in [-0.39, 0.29) is 59.6 Å². The minimum Gasteiger partial charge on any atom is -0.657 e. The number of aromatic amines is 1. The van der Waals surface area contributed by atoms with Gasteiger partial charge in [-0.15, -0.1) is 22.4 Å². The summed E-state index contributed by atoms with van der Waals surface area (Å²) in [4.78, 5) is 40.7. The predicted octanol–water partition coefficient (Wildman–Crippen LogP) is 5.02. The average Bonchev–Trinajstić information content (AvgIpc) is 3.90. The van der Waals surface area contributed by atoms with Crippen LogP contribution in [0, 0.1) is 44.4 Å². The van der Waals surface area contributed by atoms with Crippen molar-refractivity contribution in [1.82, 2.24) is 20.3 Å². The van der Waals surface area contributed by atoms with Crippen LogP contribution in [-0.2, 0) is 25.5 Å². The molecule has 0 saturated carbocycles. The Morgan fingerprint density at radius 2 is 1.73 bits per heavy atom. The molecule has 8 bridgehead atoms. The Balaban J connectivity index is 0.00000600. The third-order valence-corrected chi connectivity index (χ3v) is 12.5. The third-order valence-electron chi connectivity index (χ3n) is 12.5. The van der Waals surface area contributed by atoms with E-state index in [1.807, 2.05) is 25.2 Å². The number of carbonyl (C=O) groups excluding carboxylic acids is 2. The summed E-state index contributed by atoms with van der Waals surface area (Å²) in [7, 11) is 1.34. The smallest absolute Gasteiger partial charge is 0.657 e. The van der Waals surface area contributed by atoms with Crippen molar-refractivity contribution < 1.29 is 24.2 Å². The molecule has 5 heterocycles. The molecule has 1 saturated heterocycles. The van der Waals surface area contributed by atoms with Crippen molar-refractivity contribution in [2.75, 3.05) is 13.7 Å². The SMILES string of the molecule is C=Cc1c2[n-]c(c1C)/C=C1\NC(C3=c4[n-]c(c(C)c4=C(O)[C@@H]3C(=O)OC)/C=c3\[nH]/c(c(C)c3CC)=C\2)[C@@H](CCC(=O)OC/C=C(\C)CCC[C@H](C)CC)[C@@H]1C.[Mg+2]. The van der Waals surface area contributed by atoms with E-state index in [9.17, 15) is 14.7 Å². The summed E-state index contributed by atoms with van der Waals surface area (Å²) >= 11 is 0. The van der Waals surface area contributed by atoms with Gasteiger partial charge >= 0.3 is 35.0 Å². The molecule has 1 fully saturated rings. The monoisotopic (exact) mass is 770 g/mol. The van der Waals surface area contributed by atoms with Gasteiger partial charge in [0.1, 0.15) is 18.3 Å². The van der Waals surface area contributed by atoms with E-state index in [1.165, 1.54) is 31.1 Å². The first-order valence-electron chi connectivity index (χ1n) is 20.0. The van der Waals surface area contributed by atoms with Crippen LogP contribution in [0.15, 0.2) is 23.9 Å². The second-order valence-electron chi connectivity index (χ2n) is 15.8. The molecular weight excluding hydrogens is 713 g/mol. The minimum absolute atomic E-state index is 0. The number of rotatable bonds is 13. The van der Waals surface area contributed by atoms with E-state index < -0.39 is 17.9 Å². The molecule has 1 aliphatic carbocycles. The maximum absolute atomic E-state index is 13.6. The fourth-order valence-corrected chi connectivity index (χ4v) is 8.78. The van der Waals surface area contributed by atoms with Gasteiger partial charge in [-0.05, 0) is 93.6 Å². The molecular formula is C46H58MgN4O5. The van der Waals surface area contributed by atoms with Gasteiger partial charge in [-0.3, -0.25) is 9.59 Å². The summed E-state index contributed by atoms with van der Waals surface area (Å²) in [5, 5.41) is 18.7. The van der Waals surface area contributed by atoms with Gasteiger partial charge in [-0.25, -0.2) is 0 Å². The molecule has 0 spiro atoms. The van der Waals surface area contributed by atoms with Crippen molar-refractivity contribution in [3.8, 4) is 0 Å². The summed E-state index contributed by atoms with van der Waals surface area (Å²) in [6.07, 6.45) is 16.1. The van der Waals surface area contributed by atoms with Crippen molar-refractivity contribution in [2.24, 2.45) is 23.7 Å². The fraction of sp³-hybridized carbons (Fsp3) is 0.478. The molecule has 5 atom stereocenters. The molecule has 9 nitrogen and oxygen atoms in total. The maximum atomic E-state index is 13.6. The molecule has 0 radical (unpaired) electrons. The molecule has 0 amide bonds. The van der Waals surface area contributed by atoms with Gasteiger partial charge in [0.25, 0.3) is 0 Å². The maximum Gasteiger partial charge on any atom is 2.00 e. The van der Waals surface area contributed by atoms with Gasteiger partial charge < -0.3 is 34.8 Å². The fourth-order valence-electron chi connectivity index (χ4n) is 8.78. The predicted molar refractivity (Wildman–Crippen MR) is 225 cm³/mol. The Morgan fingerprint density at radius 3 is 2.41 bits per heavy atom. The second-order valence-corrected chi connectivity index (χ2v) is 15.8. The van der Waals surface area contributed by atoms with Crippen LogP contribution in [-0.4, -0.2) is 64.8 Å². The van der Waals surface area contributed by atoms with Crippen LogP contribution < -0.4 is 36.6 Å². The Hall–Kier alpha value is -4.15. The van der Waals surface area contributed by atoms with Gasteiger partial charge in [-0.1, -0.05) is 88.1 Å². The zero-order valence-corrected chi connectivity index (χ0v) is 36.2. The number of aliphatic hydroxyl groups excluding tert-OH is 1. The number of aliphatic hydroxyl groups is 1. The first kappa shape index (κ1) is 43.0. The molecule has 3 aliphatic rings. The van der Waals surface area contributed by atoms with Crippen LogP contribution >= 0.6 is 0 Å². The molecule has 1 unspecified atom stereocenters. The number of nitrogens with one attached hydrogen (secondary N) is 2. The van der Waals surface area contributed by atoms with Crippen LogP contribution in [0.2, 0.25) is 0 Å². The number of H-pyrrole nitrogens is 1. The zero-order valence-electron chi connectivity index (χ0n) is 34.8. The first-order chi connectivity index (χ1) is 26.3. The molecule has 10 heteroatoms. The van der Waals surface area contributed by atoms with Crippen LogP contribution in [0.4, 0.5) is 0 Å². The van der Waals surface area contributed by atoms with E-state index in [0.29, 0.717) is 28.3 Å². The normalized spacial score (nSPS) is 22.5. The number of aromatic nitrogens is 3. The van der Waals surface area contributed by atoms with Gasteiger partial charge in [-0.2, -0.15) is 0 Å². The summed E-state index contributed by atoms with van der Waals surface area (Å²) in [6, 6.07) is -0.435. The van der Waals surface area contributed by atoms with E-state index >= 15 is 0 Å². The number of carbonyl (C=O) groups is 2. The number of fused-ring (bicyclic) bond motifs is 8. The van der Waals surface area contributed by atoms with E-state index in [4.69, 9.17) is 19.4 Å². The van der Waals surface area contributed by atoms with Gasteiger partial charge in [0.05, 0.1) is 13.2 Å². The number of esters is 2. The van der Waals surface area contributed by atoms with E-state index in [0.717, 1.165) is 75.2 Å². The third kappa shape index (κ3) is 8.14. The topological polar surface area (TPSA) is 129 Å². The van der Waals surface area contributed by atoms with Crippen molar-refractivity contribution in [3.05, 3.63) is 90.1 Å². The Labute approximate surface area is 347 Å². The number of ether oxygens (including phenoxy) is 2. The summed E-state index contributed by atoms with van der Waals surface area (Å²) in [5.74, 6) is -1.38. The molecule has 3 aromatic heterocycles. The quantitative estimate of drug-likeness (QED) is 0.126. The van der Waals surface area contributed by atoms with Crippen molar-refractivity contribution in [1.29, 1.82) is 0 Å². The average molecular weight is 771 g/mol. The molecule has 0 aromatic carbocycles. The molecule has 3 aromatic rings. The van der Waals surface area contributed by atoms with Crippen LogP contribution in [0.3, 0.4) is 0 Å². The first-order valence-corrected chi connectivity index (χ1v) is 20.0. The van der Waals surface area contributed by atoms with Gasteiger partial charge in [0, 0.05) is 34.0 Å². The summed E-state index contributed by atoms with van der Waals surface area (Å²) in [6.45, 7) is 21.4. The molecule has 294 valence electrons. The van der Waals surface area contributed by atoms with Crippen molar-refractivity contribution >= 4 is 70.6 Å². The zero-order chi connectivity index (χ0) is 39.7. The Morgan fingerprint density at radius 1 is 1.02 bits per heavy atom. The Kier molecular flexibility index (Phi) is 13.8. The van der Waals surface area contributed by atoms with E-state index in [2.05, 4.69) is 77.5 Å². The summed E-state index contributed by atoms with van der Waals surface area (Å²) in [5.41, 5.74) is 10.3. The molecule has 3 N–H and O–H groups in total. The number of allylic oxidation sites excluding steroid dienone is 2. The van der Waals surface area contributed by atoms with Crippen LogP contribution in [0.25, 0.3) is 35.6 Å². The van der Waals surface area contributed by atoms with Gasteiger partial charge in [0.15, 0.2) is 0 Å². The van der Waals surface area contributed by atoms with Crippen molar-refractivity contribution in [3.63, 3.8) is 0 Å². The van der Waals surface area contributed by atoms with Crippen molar-refractivity contribution in [2.45, 2.75) is 106 Å². The molecule has 56 heavy (non-hydrogen) atoms. The van der Waals surface area contributed by atoms with Crippen LogP contribution in [0.5, 0.6) is 0 Å². The second kappa shape index (κ2) is 18.0. The van der Waals surface area contributed by atoms with E-state index in [1.54, 1.807) is 0 Å². The number of methoxy groups -OCH3 is 1. The number of nitrogens with zero attached hydrogens (tertiary/aromatic N) is 2. The van der Waals surface area contributed by atoms with Crippen LogP contribution in [0.1, 0.15) is 118 Å². The van der Waals surface area contributed by atoms with Gasteiger partial charge in [0.2, 0.25) is 0 Å². The molecule has 6 rings (SSSR count). The minimum atomic E-state index is -1.03. The summed E-state index contributed by atoms with van der Waals surface area (Å²) < 4.78 is 11.0. The Bertz CT molecular complexity index is 2320. The molecule has 2 aliphatic heterocycles. The standard InChI is InChI=1S/C46H58N4O5.Mg/c1-11-24(4)15-14-16-25(5)19-20-55-39(51)18-17-32-28(8)35-21-33-26(6)30(12-2)37(47-33)22-34-27(7)31(13-3)38(48-34)23-36-29(9)40-44(50-36)41(43(32)49-35)42(45(40)52)46(53)54-10;/h12,19,21-24,28,32,42-43,48-49,52H,2,11,13-18,20H2,1,3-10H3;/q-2;+2/b25-19+,34-22-,35-21-,38-23-;/t24-,28+,32+,42-,43?;/m1./s1. The number of hydrogen-bond donors (Lipinski definition) is 3. The largest absolute Gasteiger partial charge is 2.00 e.